The Morgan fingerprint density at radius 2 is 1.79 bits per heavy atom. The Balaban J connectivity index is 1.96. The molecule has 0 fully saturated rings. The number of nitrogens with one attached hydrogen (secondary N) is 2. The summed E-state index contributed by atoms with van der Waals surface area (Å²) in [4.78, 5) is 20.6. The van der Waals surface area contributed by atoms with Gasteiger partial charge in [0, 0.05) is 29.8 Å². The first-order valence-corrected chi connectivity index (χ1v) is 8.23. The van der Waals surface area contributed by atoms with Gasteiger partial charge in [0.25, 0.3) is 0 Å². The van der Waals surface area contributed by atoms with Crippen molar-refractivity contribution in [2.75, 3.05) is 10.6 Å². The van der Waals surface area contributed by atoms with Crippen molar-refractivity contribution >= 4 is 17.4 Å². The van der Waals surface area contributed by atoms with Crippen molar-refractivity contribution < 1.29 is 4.79 Å². The molecule has 1 aromatic heterocycles. The van der Waals surface area contributed by atoms with Crippen molar-refractivity contribution in [3.8, 4) is 0 Å². The number of rotatable bonds is 5. The van der Waals surface area contributed by atoms with Crippen molar-refractivity contribution in [2.45, 2.75) is 46.6 Å². The number of hydrogen-bond donors (Lipinski definition) is 2. The third kappa shape index (κ3) is 5.05. The molecule has 0 saturated carbocycles. The van der Waals surface area contributed by atoms with Crippen LogP contribution in [0.25, 0.3) is 0 Å². The van der Waals surface area contributed by atoms with Crippen LogP contribution >= 0.6 is 0 Å². The van der Waals surface area contributed by atoms with E-state index in [0.717, 1.165) is 22.9 Å². The Morgan fingerprint density at radius 3 is 2.38 bits per heavy atom. The molecule has 0 aliphatic rings. The van der Waals surface area contributed by atoms with Crippen LogP contribution in [0.2, 0.25) is 0 Å². The lowest BCUT2D eigenvalue weighted by molar-refractivity contribution is -0.118. The summed E-state index contributed by atoms with van der Waals surface area (Å²) < 4.78 is 0. The minimum atomic E-state index is -0.0754. The molecule has 1 heterocycles. The number of carbonyl (C=O) groups excluding carboxylic acids is 1. The highest BCUT2D eigenvalue weighted by molar-refractivity contribution is 5.92. The standard InChI is InChI=1S/C19H26N4O/c1-13(2)17(24)22-15-8-6-14(7-9-15)12-21-16-10-11-20-18(23-16)19(3,4)5/h6-11,13H,12H2,1-5H3,(H,22,24)(H,20,21,23). The van der Waals surface area contributed by atoms with Gasteiger partial charge >= 0.3 is 0 Å². The molecule has 0 aliphatic carbocycles. The van der Waals surface area contributed by atoms with Gasteiger partial charge in [-0.25, -0.2) is 9.97 Å². The number of amides is 1. The number of nitrogens with zero attached hydrogens (tertiary/aromatic N) is 2. The molecule has 0 unspecified atom stereocenters. The fourth-order valence-corrected chi connectivity index (χ4v) is 2.00. The zero-order chi connectivity index (χ0) is 17.7. The molecular formula is C19H26N4O. The van der Waals surface area contributed by atoms with Crippen molar-refractivity contribution in [1.29, 1.82) is 0 Å². The number of carbonyl (C=O) groups is 1. The van der Waals surface area contributed by atoms with E-state index in [9.17, 15) is 4.79 Å². The maximum Gasteiger partial charge on any atom is 0.226 e. The first-order valence-electron chi connectivity index (χ1n) is 8.23. The summed E-state index contributed by atoms with van der Waals surface area (Å²) >= 11 is 0. The van der Waals surface area contributed by atoms with Crippen LogP contribution in [-0.2, 0) is 16.8 Å². The molecule has 0 atom stereocenters. The average Bonchev–Trinajstić information content (AvgIpc) is 2.53. The second kappa shape index (κ2) is 7.43. The van der Waals surface area contributed by atoms with Gasteiger partial charge in [-0.05, 0) is 23.8 Å². The van der Waals surface area contributed by atoms with E-state index >= 15 is 0 Å². The van der Waals surface area contributed by atoms with Crippen LogP contribution in [0.3, 0.4) is 0 Å². The van der Waals surface area contributed by atoms with Crippen molar-refractivity contribution in [3.63, 3.8) is 0 Å². The molecule has 5 nitrogen and oxygen atoms in total. The van der Waals surface area contributed by atoms with Crippen molar-refractivity contribution in [1.82, 2.24) is 9.97 Å². The fraction of sp³-hybridized carbons (Fsp3) is 0.421. The molecule has 2 N–H and O–H groups in total. The molecule has 0 spiro atoms. The number of hydrogen-bond acceptors (Lipinski definition) is 4. The van der Waals surface area contributed by atoms with Gasteiger partial charge in [0.15, 0.2) is 0 Å². The molecule has 2 rings (SSSR count). The summed E-state index contributed by atoms with van der Waals surface area (Å²) in [5.41, 5.74) is 1.86. The lowest BCUT2D eigenvalue weighted by atomic mass is 9.96. The monoisotopic (exact) mass is 326 g/mol. The van der Waals surface area contributed by atoms with E-state index in [1.54, 1.807) is 6.20 Å². The van der Waals surface area contributed by atoms with E-state index in [4.69, 9.17) is 0 Å². The van der Waals surface area contributed by atoms with Crippen molar-refractivity contribution in [3.05, 3.63) is 47.9 Å². The fourth-order valence-electron chi connectivity index (χ4n) is 2.00. The summed E-state index contributed by atoms with van der Waals surface area (Å²) in [7, 11) is 0. The molecule has 1 amide bonds. The van der Waals surface area contributed by atoms with Gasteiger partial charge in [-0.15, -0.1) is 0 Å². The van der Waals surface area contributed by atoms with E-state index in [0.29, 0.717) is 6.54 Å². The van der Waals surface area contributed by atoms with Gasteiger partial charge in [0.2, 0.25) is 5.91 Å². The van der Waals surface area contributed by atoms with E-state index in [-0.39, 0.29) is 17.2 Å². The predicted molar refractivity (Wildman–Crippen MR) is 98.0 cm³/mol. The molecule has 0 bridgehead atoms. The Bertz CT molecular complexity index is 687. The smallest absolute Gasteiger partial charge is 0.226 e. The molecule has 1 aromatic carbocycles. The molecule has 5 heteroatoms. The van der Waals surface area contributed by atoms with Crippen LogP contribution in [0.4, 0.5) is 11.5 Å². The van der Waals surface area contributed by atoms with Gasteiger partial charge in [-0.3, -0.25) is 4.79 Å². The first-order chi connectivity index (χ1) is 11.3. The summed E-state index contributed by atoms with van der Waals surface area (Å²) in [5.74, 6) is 1.63. The third-order valence-corrected chi connectivity index (χ3v) is 3.55. The topological polar surface area (TPSA) is 66.9 Å². The molecular weight excluding hydrogens is 300 g/mol. The zero-order valence-corrected chi connectivity index (χ0v) is 15.1. The van der Waals surface area contributed by atoms with E-state index in [1.807, 2.05) is 44.2 Å². The first kappa shape index (κ1) is 17.9. The molecule has 24 heavy (non-hydrogen) atoms. The summed E-state index contributed by atoms with van der Waals surface area (Å²) in [6.45, 7) is 10.7. The van der Waals surface area contributed by atoms with Crippen LogP contribution in [0.15, 0.2) is 36.5 Å². The number of anilines is 2. The van der Waals surface area contributed by atoms with Crippen LogP contribution in [0.1, 0.15) is 46.0 Å². The number of aromatic nitrogens is 2. The summed E-state index contributed by atoms with van der Waals surface area (Å²) in [6, 6.07) is 9.69. The highest BCUT2D eigenvalue weighted by atomic mass is 16.1. The Hall–Kier alpha value is -2.43. The molecule has 128 valence electrons. The minimum Gasteiger partial charge on any atom is -0.366 e. The van der Waals surface area contributed by atoms with Crippen molar-refractivity contribution in [2.24, 2.45) is 5.92 Å². The van der Waals surface area contributed by atoms with E-state index < -0.39 is 0 Å². The zero-order valence-electron chi connectivity index (χ0n) is 15.1. The Morgan fingerprint density at radius 1 is 1.12 bits per heavy atom. The van der Waals surface area contributed by atoms with Gasteiger partial charge in [0.1, 0.15) is 11.6 Å². The molecule has 2 aromatic rings. The largest absolute Gasteiger partial charge is 0.366 e. The van der Waals surface area contributed by atoms with Gasteiger partial charge in [-0.1, -0.05) is 46.8 Å². The lowest BCUT2D eigenvalue weighted by Gasteiger charge is -2.17. The van der Waals surface area contributed by atoms with E-state index in [2.05, 4.69) is 41.4 Å². The predicted octanol–water partition coefficient (Wildman–Crippen LogP) is 3.98. The Labute approximate surface area is 143 Å². The van der Waals surface area contributed by atoms with Gasteiger partial charge in [0.05, 0.1) is 0 Å². The molecule has 0 radical (unpaired) electrons. The second-order valence-corrected chi connectivity index (χ2v) is 7.21. The van der Waals surface area contributed by atoms with Crippen LogP contribution in [0, 0.1) is 5.92 Å². The lowest BCUT2D eigenvalue weighted by Crippen LogP contribution is -2.17. The van der Waals surface area contributed by atoms with Gasteiger partial charge in [-0.2, -0.15) is 0 Å². The maximum absolute atomic E-state index is 11.7. The normalized spacial score (nSPS) is 11.4. The van der Waals surface area contributed by atoms with Crippen LogP contribution in [-0.4, -0.2) is 15.9 Å². The Kier molecular flexibility index (Phi) is 5.54. The summed E-state index contributed by atoms with van der Waals surface area (Å²) in [6.07, 6.45) is 1.78. The van der Waals surface area contributed by atoms with Crippen LogP contribution < -0.4 is 10.6 Å². The van der Waals surface area contributed by atoms with Crippen LogP contribution in [0.5, 0.6) is 0 Å². The minimum absolute atomic E-state index is 0.0246. The maximum atomic E-state index is 11.7. The molecule has 0 saturated heterocycles. The average molecular weight is 326 g/mol. The third-order valence-electron chi connectivity index (χ3n) is 3.55. The highest BCUT2D eigenvalue weighted by Gasteiger charge is 2.17. The van der Waals surface area contributed by atoms with Gasteiger partial charge < -0.3 is 10.6 Å². The van der Waals surface area contributed by atoms with E-state index in [1.165, 1.54) is 0 Å². The quantitative estimate of drug-likeness (QED) is 0.872. The SMILES string of the molecule is CC(C)C(=O)Nc1ccc(CNc2ccnc(C(C)(C)C)n2)cc1. The summed E-state index contributed by atoms with van der Waals surface area (Å²) in [5, 5.41) is 6.20. The molecule has 0 aliphatic heterocycles. The highest BCUT2D eigenvalue weighted by Crippen LogP contribution is 2.19. The number of benzene rings is 1. The second-order valence-electron chi connectivity index (χ2n) is 7.21.